The molecule has 0 unspecified atom stereocenters. The molecule has 0 aliphatic rings. The van der Waals surface area contributed by atoms with E-state index in [1.54, 1.807) is 6.92 Å². The largest absolute Gasteiger partial charge is 0.504 e. The molecular weight excluding hydrogens is 313 g/mol. The molecule has 0 aliphatic heterocycles. The molecule has 0 spiro atoms. The highest BCUT2D eigenvalue weighted by molar-refractivity contribution is 6.11. The third kappa shape index (κ3) is 2.67. The first-order valence-corrected chi connectivity index (χ1v) is 7.45. The van der Waals surface area contributed by atoms with Crippen molar-refractivity contribution >= 4 is 16.9 Å². The van der Waals surface area contributed by atoms with E-state index in [4.69, 9.17) is 9.15 Å². The normalized spacial score (nSPS) is 10.8. The van der Waals surface area contributed by atoms with Gasteiger partial charge in [0.15, 0.2) is 11.5 Å². The van der Waals surface area contributed by atoms with Crippen LogP contribution in [0.3, 0.4) is 0 Å². The van der Waals surface area contributed by atoms with Gasteiger partial charge >= 0.3 is 0 Å². The van der Waals surface area contributed by atoms with Gasteiger partial charge in [-0.3, -0.25) is 4.79 Å². The molecule has 24 heavy (non-hydrogen) atoms. The maximum absolute atomic E-state index is 13.2. The number of rotatable bonds is 4. The smallest absolute Gasteiger partial charge is 0.255 e. The number of phenolic OH excluding ortho intramolecular Hbond substituents is 1. The fraction of sp³-hybridized carbons (Fsp3) is 0.167. The molecule has 1 heterocycles. The summed E-state index contributed by atoms with van der Waals surface area (Å²) < 4.78 is 24.3. The van der Waals surface area contributed by atoms with Gasteiger partial charge in [-0.05, 0) is 37.3 Å². The molecule has 2 aromatic carbocycles. The van der Waals surface area contributed by atoms with Crippen molar-refractivity contribution in [3.8, 4) is 22.8 Å². The Bertz CT molecular complexity index is 900. The van der Waals surface area contributed by atoms with Crippen molar-refractivity contribution in [3.63, 3.8) is 0 Å². The van der Waals surface area contributed by atoms with Crippen molar-refractivity contribution in [2.24, 2.45) is 0 Å². The van der Waals surface area contributed by atoms with Crippen molar-refractivity contribution in [1.29, 1.82) is 0 Å². The minimum absolute atomic E-state index is 0.0824. The monoisotopic (exact) mass is 329 g/mol. The van der Waals surface area contributed by atoms with Crippen LogP contribution in [0.15, 0.2) is 40.8 Å². The molecule has 2 N–H and O–H groups in total. The number of furan rings is 1. The summed E-state index contributed by atoms with van der Waals surface area (Å²) in [7, 11) is 1.50. The van der Waals surface area contributed by atoms with Crippen molar-refractivity contribution < 1.29 is 23.4 Å². The average molecular weight is 329 g/mol. The molecule has 0 saturated heterocycles. The first kappa shape index (κ1) is 15.9. The molecule has 1 amide bonds. The molecule has 5 nitrogen and oxygen atoms in total. The van der Waals surface area contributed by atoms with Crippen molar-refractivity contribution in [2.45, 2.75) is 6.92 Å². The molecule has 0 aliphatic carbocycles. The maximum Gasteiger partial charge on any atom is 0.255 e. The average Bonchev–Trinajstić information content (AvgIpc) is 2.93. The zero-order valence-electron chi connectivity index (χ0n) is 13.2. The standard InChI is InChI=1S/C18H16FNO4/c1-3-23-15-9-14-12(8-13(15)21)16(18(22)20-2)17(24-14)10-4-6-11(19)7-5-10/h4-9,21H,3H2,1-2H3,(H,20,22). The number of amides is 1. The van der Waals surface area contributed by atoms with Crippen LogP contribution in [0.25, 0.3) is 22.3 Å². The van der Waals surface area contributed by atoms with Gasteiger partial charge in [-0.15, -0.1) is 0 Å². The molecule has 124 valence electrons. The topological polar surface area (TPSA) is 71.7 Å². The molecule has 6 heteroatoms. The zero-order chi connectivity index (χ0) is 17.3. The number of hydrogen-bond donors (Lipinski definition) is 2. The number of hydrogen-bond acceptors (Lipinski definition) is 4. The fourth-order valence-corrected chi connectivity index (χ4v) is 2.54. The van der Waals surface area contributed by atoms with Crippen molar-refractivity contribution in [3.05, 3.63) is 47.8 Å². The summed E-state index contributed by atoms with van der Waals surface area (Å²) in [6.45, 7) is 2.18. The third-order valence-corrected chi connectivity index (χ3v) is 3.63. The fourth-order valence-electron chi connectivity index (χ4n) is 2.54. The second kappa shape index (κ2) is 6.23. The van der Waals surface area contributed by atoms with Crippen molar-refractivity contribution in [2.75, 3.05) is 13.7 Å². The van der Waals surface area contributed by atoms with Crippen LogP contribution in [0.1, 0.15) is 17.3 Å². The highest BCUT2D eigenvalue weighted by atomic mass is 19.1. The van der Waals surface area contributed by atoms with E-state index in [0.717, 1.165) is 0 Å². The Hall–Kier alpha value is -3.02. The van der Waals surface area contributed by atoms with Crippen LogP contribution in [-0.4, -0.2) is 24.7 Å². The number of benzene rings is 2. The van der Waals surface area contributed by atoms with E-state index < -0.39 is 0 Å². The summed E-state index contributed by atoms with van der Waals surface area (Å²) >= 11 is 0. The SMILES string of the molecule is CCOc1cc2oc(-c3ccc(F)cc3)c(C(=O)NC)c2cc1O. The van der Waals surface area contributed by atoms with Crippen LogP contribution in [0.2, 0.25) is 0 Å². The maximum atomic E-state index is 13.2. The number of nitrogens with one attached hydrogen (secondary N) is 1. The summed E-state index contributed by atoms with van der Waals surface area (Å²) in [5.74, 6) is -0.254. The van der Waals surface area contributed by atoms with Gasteiger partial charge in [0, 0.05) is 24.1 Å². The number of ether oxygens (including phenoxy) is 1. The lowest BCUT2D eigenvalue weighted by atomic mass is 10.0. The summed E-state index contributed by atoms with van der Waals surface area (Å²) in [5, 5.41) is 13.1. The van der Waals surface area contributed by atoms with E-state index in [2.05, 4.69) is 5.32 Å². The summed E-state index contributed by atoms with van der Waals surface area (Å²) in [5.41, 5.74) is 1.23. The van der Waals surface area contributed by atoms with Gasteiger partial charge in [-0.1, -0.05) is 0 Å². The second-order valence-electron chi connectivity index (χ2n) is 5.14. The van der Waals surface area contributed by atoms with Gasteiger partial charge in [-0.25, -0.2) is 4.39 Å². The summed E-state index contributed by atoms with van der Waals surface area (Å²) in [4.78, 5) is 12.3. The second-order valence-corrected chi connectivity index (χ2v) is 5.14. The summed E-state index contributed by atoms with van der Waals surface area (Å²) in [6, 6.07) is 8.61. The Morgan fingerprint density at radius 3 is 2.62 bits per heavy atom. The van der Waals surface area contributed by atoms with Crippen LogP contribution in [0, 0.1) is 5.82 Å². The van der Waals surface area contributed by atoms with E-state index >= 15 is 0 Å². The van der Waals surface area contributed by atoms with Crippen LogP contribution in [-0.2, 0) is 0 Å². The van der Waals surface area contributed by atoms with Gasteiger partial charge in [-0.2, -0.15) is 0 Å². The number of phenols is 1. The van der Waals surface area contributed by atoms with Gasteiger partial charge in [0.05, 0.1) is 12.2 Å². The molecule has 0 atom stereocenters. The molecule has 0 radical (unpaired) electrons. The number of carbonyl (C=O) groups is 1. The Morgan fingerprint density at radius 1 is 1.29 bits per heavy atom. The first-order valence-electron chi connectivity index (χ1n) is 7.45. The van der Waals surface area contributed by atoms with E-state index in [9.17, 15) is 14.3 Å². The lowest BCUT2D eigenvalue weighted by Crippen LogP contribution is -2.18. The van der Waals surface area contributed by atoms with Crippen LogP contribution < -0.4 is 10.1 Å². The number of halogens is 1. The molecule has 1 aromatic heterocycles. The Morgan fingerprint density at radius 2 is 2.00 bits per heavy atom. The molecule has 0 saturated carbocycles. The molecule has 3 rings (SSSR count). The van der Waals surface area contributed by atoms with E-state index in [0.29, 0.717) is 28.9 Å². The Kier molecular flexibility index (Phi) is 4.12. The Balaban J connectivity index is 2.27. The zero-order valence-corrected chi connectivity index (χ0v) is 13.2. The first-order chi connectivity index (χ1) is 11.5. The minimum Gasteiger partial charge on any atom is -0.504 e. The highest BCUT2D eigenvalue weighted by Crippen LogP contribution is 2.39. The summed E-state index contributed by atoms with van der Waals surface area (Å²) in [6.07, 6.45) is 0. The van der Waals surface area contributed by atoms with Gasteiger partial charge in [0.25, 0.3) is 5.91 Å². The molecule has 0 fully saturated rings. The van der Waals surface area contributed by atoms with Crippen molar-refractivity contribution in [1.82, 2.24) is 5.32 Å². The number of carbonyl (C=O) groups excluding carboxylic acids is 1. The van der Waals surface area contributed by atoms with E-state index in [-0.39, 0.29) is 28.8 Å². The van der Waals surface area contributed by atoms with Gasteiger partial charge < -0.3 is 19.6 Å². The minimum atomic E-state index is -0.382. The predicted octanol–water partition coefficient (Wildman–Crippen LogP) is 3.70. The Labute approximate surface area is 137 Å². The quantitative estimate of drug-likeness (QED) is 0.765. The van der Waals surface area contributed by atoms with Gasteiger partial charge in [0.1, 0.15) is 17.2 Å². The van der Waals surface area contributed by atoms with E-state index in [1.807, 2.05) is 0 Å². The van der Waals surface area contributed by atoms with Crippen LogP contribution in [0.4, 0.5) is 4.39 Å². The molecule has 0 bridgehead atoms. The lowest BCUT2D eigenvalue weighted by Gasteiger charge is -2.05. The van der Waals surface area contributed by atoms with Crippen LogP contribution in [0.5, 0.6) is 11.5 Å². The highest BCUT2D eigenvalue weighted by Gasteiger charge is 2.23. The third-order valence-electron chi connectivity index (χ3n) is 3.63. The molecular formula is C18H16FNO4. The predicted molar refractivity (Wildman–Crippen MR) is 87.8 cm³/mol. The number of aromatic hydroxyl groups is 1. The molecule has 3 aromatic rings. The van der Waals surface area contributed by atoms with Crippen LogP contribution >= 0.6 is 0 Å². The lowest BCUT2D eigenvalue weighted by molar-refractivity contribution is 0.0964. The van der Waals surface area contributed by atoms with Gasteiger partial charge in [0.2, 0.25) is 0 Å². The number of fused-ring (bicyclic) bond motifs is 1. The van der Waals surface area contributed by atoms with E-state index in [1.165, 1.54) is 43.4 Å².